The molecule has 0 fully saturated rings. The van der Waals surface area contributed by atoms with Crippen molar-refractivity contribution in [3.05, 3.63) is 218 Å². The lowest BCUT2D eigenvalue weighted by molar-refractivity contribution is 0.669. The van der Waals surface area contributed by atoms with E-state index in [1.807, 2.05) is 12.1 Å². The largest absolute Gasteiger partial charge is 0.456 e. The first-order chi connectivity index (χ1) is 29.3. The molecule has 0 bridgehead atoms. The van der Waals surface area contributed by atoms with E-state index in [9.17, 15) is 0 Å². The standard InChI is InChI=1S/C56H36N2O/c1-3-13-37(14-4-1)38-27-30-43(31-28-38)57(45-32-33-49-48-21-9-10-24-52(48)59-53(49)36-45)44-19-11-16-41(35-44)47-22-12-23-50-55-51(58(56(47)50)42-17-5-2-6-18-42)34-29-40-26-25-39-15-7-8-20-46(39)54(40)55/h1-36H. The van der Waals surface area contributed by atoms with Crippen LogP contribution in [0.4, 0.5) is 17.1 Å². The zero-order valence-electron chi connectivity index (χ0n) is 32.1. The van der Waals surface area contributed by atoms with Crippen molar-refractivity contribution in [2.24, 2.45) is 0 Å². The number of rotatable bonds is 6. The van der Waals surface area contributed by atoms with Gasteiger partial charge in [-0.2, -0.15) is 0 Å². The van der Waals surface area contributed by atoms with Crippen molar-refractivity contribution < 1.29 is 4.42 Å². The first-order valence-electron chi connectivity index (χ1n) is 20.2. The van der Waals surface area contributed by atoms with Crippen LogP contribution in [-0.2, 0) is 0 Å². The normalized spacial score (nSPS) is 11.7. The third-order valence-electron chi connectivity index (χ3n) is 11.9. The Hall–Kier alpha value is -7.88. The summed E-state index contributed by atoms with van der Waals surface area (Å²) >= 11 is 0. The van der Waals surface area contributed by atoms with Crippen LogP contribution in [0.25, 0.3) is 93.2 Å². The molecule has 0 unspecified atom stereocenters. The predicted molar refractivity (Wildman–Crippen MR) is 249 cm³/mol. The maximum absolute atomic E-state index is 6.45. The summed E-state index contributed by atoms with van der Waals surface area (Å²) in [4.78, 5) is 2.34. The Kier molecular flexibility index (Phi) is 7.54. The van der Waals surface area contributed by atoms with Crippen LogP contribution >= 0.6 is 0 Å². The Labute approximate surface area is 341 Å². The van der Waals surface area contributed by atoms with Crippen LogP contribution in [0.3, 0.4) is 0 Å². The molecule has 276 valence electrons. The second kappa shape index (κ2) is 13.4. The highest BCUT2D eigenvalue weighted by Crippen LogP contribution is 2.45. The quantitative estimate of drug-likeness (QED) is 0.158. The van der Waals surface area contributed by atoms with E-state index in [1.54, 1.807) is 0 Å². The number of anilines is 3. The Balaban J connectivity index is 1.09. The monoisotopic (exact) mass is 752 g/mol. The molecular weight excluding hydrogens is 717 g/mol. The Morgan fingerprint density at radius 2 is 0.983 bits per heavy atom. The molecule has 59 heavy (non-hydrogen) atoms. The van der Waals surface area contributed by atoms with Gasteiger partial charge in [-0.15, -0.1) is 0 Å². The fourth-order valence-corrected chi connectivity index (χ4v) is 9.28. The molecule has 0 atom stereocenters. The van der Waals surface area contributed by atoms with E-state index >= 15 is 0 Å². The predicted octanol–water partition coefficient (Wildman–Crippen LogP) is 15.8. The number of aromatic nitrogens is 1. The molecule has 0 saturated heterocycles. The number of hydrogen-bond donors (Lipinski definition) is 0. The second-order valence-electron chi connectivity index (χ2n) is 15.3. The SMILES string of the molecule is c1ccc(-c2ccc(N(c3cccc(-c4cccc5c6c7c(ccc8ccccc87)ccc6n(-c6ccccc6)c45)c3)c3ccc4c(c3)oc3ccccc34)cc2)cc1. The molecule has 0 amide bonds. The molecule has 0 N–H and O–H groups in total. The fraction of sp³-hybridized carbons (Fsp3) is 0. The smallest absolute Gasteiger partial charge is 0.137 e. The maximum atomic E-state index is 6.45. The number of fused-ring (bicyclic) bond motifs is 10. The van der Waals surface area contributed by atoms with Crippen molar-refractivity contribution in [3.63, 3.8) is 0 Å². The summed E-state index contributed by atoms with van der Waals surface area (Å²) in [7, 11) is 0. The van der Waals surface area contributed by atoms with Gasteiger partial charge in [0.2, 0.25) is 0 Å². The highest BCUT2D eigenvalue weighted by Gasteiger charge is 2.21. The van der Waals surface area contributed by atoms with E-state index in [0.29, 0.717) is 0 Å². The zero-order chi connectivity index (χ0) is 38.9. The average Bonchev–Trinajstić information content (AvgIpc) is 3.85. The maximum Gasteiger partial charge on any atom is 0.137 e. The minimum absolute atomic E-state index is 0.864. The van der Waals surface area contributed by atoms with Crippen molar-refractivity contribution in [3.8, 4) is 27.9 Å². The molecule has 3 heteroatoms. The molecule has 0 radical (unpaired) electrons. The number of para-hydroxylation sites is 3. The molecule has 0 spiro atoms. The molecule has 2 heterocycles. The van der Waals surface area contributed by atoms with E-state index in [1.165, 1.54) is 60.0 Å². The lowest BCUT2D eigenvalue weighted by Crippen LogP contribution is -2.10. The Morgan fingerprint density at radius 1 is 0.356 bits per heavy atom. The van der Waals surface area contributed by atoms with E-state index in [2.05, 4.69) is 216 Å². The summed E-state index contributed by atoms with van der Waals surface area (Å²) in [6.45, 7) is 0. The van der Waals surface area contributed by atoms with Crippen LogP contribution in [0, 0.1) is 0 Å². The van der Waals surface area contributed by atoms with Crippen molar-refractivity contribution in [1.29, 1.82) is 0 Å². The summed E-state index contributed by atoms with van der Waals surface area (Å²) in [6.07, 6.45) is 0. The van der Waals surface area contributed by atoms with E-state index in [4.69, 9.17) is 4.42 Å². The summed E-state index contributed by atoms with van der Waals surface area (Å²) in [5.74, 6) is 0. The summed E-state index contributed by atoms with van der Waals surface area (Å²) in [6, 6.07) is 78.7. The van der Waals surface area contributed by atoms with Gasteiger partial charge in [0.15, 0.2) is 0 Å². The first kappa shape index (κ1) is 33.3. The minimum atomic E-state index is 0.864. The second-order valence-corrected chi connectivity index (χ2v) is 15.3. The summed E-state index contributed by atoms with van der Waals surface area (Å²) in [5.41, 5.74) is 13.1. The van der Waals surface area contributed by atoms with Crippen LogP contribution in [0.2, 0.25) is 0 Å². The lowest BCUT2D eigenvalue weighted by Gasteiger charge is -2.26. The van der Waals surface area contributed by atoms with Crippen molar-refractivity contribution >= 4 is 82.4 Å². The highest BCUT2D eigenvalue weighted by molar-refractivity contribution is 6.29. The number of furan rings is 1. The van der Waals surface area contributed by atoms with Crippen molar-refractivity contribution in [2.75, 3.05) is 4.90 Å². The van der Waals surface area contributed by atoms with Crippen LogP contribution in [-0.4, -0.2) is 4.57 Å². The lowest BCUT2D eigenvalue weighted by atomic mass is 9.96. The van der Waals surface area contributed by atoms with Crippen molar-refractivity contribution in [2.45, 2.75) is 0 Å². The van der Waals surface area contributed by atoms with Gasteiger partial charge >= 0.3 is 0 Å². The molecule has 10 aromatic carbocycles. The molecule has 0 aliphatic heterocycles. The van der Waals surface area contributed by atoms with E-state index in [-0.39, 0.29) is 0 Å². The summed E-state index contributed by atoms with van der Waals surface area (Å²) < 4.78 is 8.91. The Bertz CT molecular complexity index is 3540. The van der Waals surface area contributed by atoms with Crippen LogP contribution in [0.5, 0.6) is 0 Å². The van der Waals surface area contributed by atoms with E-state index < -0.39 is 0 Å². The van der Waals surface area contributed by atoms with Gasteiger partial charge in [-0.05, 0) is 98.9 Å². The van der Waals surface area contributed by atoms with Gasteiger partial charge in [0, 0.05) is 55.9 Å². The van der Waals surface area contributed by atoms with Gasteiger partial charge in [-0.25, -0.2) is 0 Å². The molecular formula is C56H36N2O. The van der Waals surface area contributed by atoms with Crippen molar-refractivity contribution in [1.82, 2.24) is 4.57 Å². The third kappa shape index (κ3) is 5.36. The third-order valence-corrected chi connectivity index (χ3v) is 11.9. The minimum Gasteiger partial charge on any atom is -0.456 e. The van der Waals surface area contributed by atoms with E-state index in [0.717, 1.165) is 50.3 Å². The zero-order valence-corrected chi connectivity index (χ0v) is 32.1. The van der Waals surface area contributed by atoms with Gasteiger partial charge in [0.05, 0.1) is 11.0 Å². The topological polar surface area (TPSA) is 21.3 Å². The van der Waals surface area contributed by atoms with Gasteiger partial charge < -0.3 is 13.9 Å². The van der Waals surface area contributed by atoms with Gasteiger partial charge in [-0.1, -0.05) is 152 Å². The fourth-order valence-electron chi connectivity index (χ4n) is 9.28. The molecule has 2 aromatic heterocycles. The van der Waals surface area contributed by atoms with Crippen LogP contribution in [0.1, 0.15) is 0 Å². The molecule has 12 aromatic rings. The first-order valence-corrected chi connectivity index (χ1v) is 20.2. The summed E-state index contributed by atoms with van der Waals surface area (Å²) in [5, 5.41) is 9.78. The Morgan fingerprint density at radius 3 is 1.85 bits per heavy atom. The van der Waals surface area contributed by atoms with Crippen LogP contribution < -0.4 is 4.90 Å². The molecule has 12 rings (SSSR count). The molecule has 0 aliphatic rings. The molecule has 3 nitrogen and oxygen atoms in total. The van der Waals surface area contributed by atoms with Crippen LogP contribution in [0.15, 0.2) is 223 Å². The molecule has 0 aliphatic carbocycles. The number of nitrogens with zero attached hydrogens (tertiary/aromatic N) is 2. The van der Waals surface area contributed by atoms with Gasteiger partial charge in [-0.3, -0.25) is 0 Å². The van der Waals surface area contributed by atoms with Gasteiger partial charge in [0.25, 0.3) is 0 Å². The highest BCUT2D eigenvalue weighted by atomic mass is 16.3. The molecule has 0 saturated carbocycles. The van der Waals surface area contributed by atoms with Gasteiger partial charge in [0.1, 0.15) is 11.2 Å². The average molecular weight is 753 g/mol. The number of benzene rings is 10. The number of hydrogen-bond acceptors (Lipinski definition) is 2.